The zero-order valence-corrected chi connectivity index (χ0v) is 12.7. The van der Waals surface area contributed by atoms with Crippen molar-refractivity contribution >= 4 is 5.69 Å². The maximum atomic E-state index is 14.2. The van der Waals surface area contributed by atoms with Crippen molar-refractivity contribution in [3.63, 3.8) is 0 Å². The molecule has 0 radical (unpaired) electrons. The topological polar surface area (TPSA) is 24.5 Å². The second-order valence-corrected chi connectivity index (χ2v) is 5.02. The Labute approximate surface area is 125 Å². The van der Waals surface area contributed by atoms with Crippen molar-refractivity contribution in [1.82, 2.24) is 5.32 Å². The monoisotopic (exact) mass is 288 g/mol. The maximum Gasteiger partial charge on any atom is 0.146 e. The number of benzene rings is 2. The van der Waals surface area contributed by atoms with Gasteiger partial charge >= 0.3 is 0 Å². The molecule has 0 unspecified atom stereocenters. The van der Waals surface area contributed by atoms with E-state index in [9.17, 15) is 4.39 Å². The van der Waals surface area contributed by atoms with Gasteiger partial charge in [-0.05, 0) is 42.4 Å². The molecule has 0 bridgehead atoms. The van der Waals surface area contributed by atoms with E-state index in [1.165, 1.54) is 0 Å². The molecular formula is C17H21FN2O. The highest BCUT2D eigenvalue weighted by atomic mass is 19.1. The first-order valence-electron chi connectivity index (χ1n) is 6.91. The summed E-state index contributed by atoms with van der Waals surface area (Å²) in [4.78, 5) is 1.90. The Balaban J connectivity index is 2.10. The van der Waals surface area contributed by atoms with Gasteiger partial charge in [0.15, 0.2) is 0 Å². The Kier molecular flexibility index (Phi) is 5.17. The molecule has 21 heavy (non-hydrogen) atoms. The lowest BCUT2D eigenvalue weighted by molar-refractivity contribution is 0.414. The van der Waals surface area contributed by atoms with Crippen molar-refractivity contribution in [2.45, 2.75) is 13.1 Å². The first-order chi connectivity index (χ1) is 10.1. The summed E-state index contributed by atoms with van der Waals surface area (Å²) in [6, 6.07) is 13.2. The van der Waals surface area contributed by atoms with Crippen LogP contribution < -0.4 is 15.0 Å². The van der Waals surface area contributed by atoms with Crippen molar-refractivity contribution in [2.75, 3.05) is 26.1 Å². The summed E-state index contributed by atoms with van der Waals surface area (Å²) >= 11 is 0. The lowest BCUT2D eigenvalue weighted by atomic mass is 10.1. The van der Waals surface area contributed by atoms with Crippen LogP contribution in [0.5, 0.6) is 5.75 Å². The molecule has 0 atom stereocenters. The van der Waals surface area contributed by atoms with Gasteiger partial charge in [-0.2, -0.15) is 0 Å². The van der Waals surface area contributed by atoms with Gasteiger partial charge in [0.25, 0.3) is 0 Å². The Morgan fingerprint density at radius 2 is 1.76 bits per heavy atom. The number of anilines is 1. The van der Waals surface area contributed by atoms with Crippen molar-refractivity contribution < 1.29 is 9.13 Å². The smallest absolute Gasteiger partial charge is 0.146 e. The number of halogens is 1. The Bertz CT molecular complexity index is 584. The van der Waals surface area contributed by atoms with Crippen LogP contribution in [-0.2, 0) is 13.1 Å². The van der Waals surface area contributed by atoms with Gasteiger partial charge in [0.2, 0.25) is 0 Å². The second-order valence-electron chi connectivity index (χ2n) is 5.02. The quantitative estimate of drug-likeness (QED) is 0.883. The summed E-state index contributed by atoms with van der Waals surface area (Å²) in [7, 11) is 5.38. The molecule has 0 fully saturated rings. The Hall–Kier alpha value is -2.07. The number of rotatable bonds is 6. The van der Waals surface area contributed by atoms with Gasteiger partial charge in [-0.25, -0.2) is 4.39 Å². The fourth-order valence-electron chi connectivity index (χ4n) is 2.26. The molecule has 112 valence electrons. The molecule has 4 heteroatoms. The number of hydrogen-bond donors (Lipinski definition) is 1. The van der Waals surface area contributed by atoms with Gasteiger partial charge < -0.3 is 15.0 Å². The molecular weight excluding hydrogens is 267 g/mol. The van der Waals surface area contributed by atoms with E-state index in [0.29, 0.717) is 18.8 Å². The van der Waals surface area contributed by atoms with Gasteiger partial charge in [-0.3, -0.25) is 0 Å². The standard InChI is InChI=1S/C17H21FN2O/c1-19-11-14-6-9-17(16(18)10-14)20(2)12-13-4-7-15(21-3)8-5-13/h4-10,19H,11-12H2,1-3H3. The molecule has 0 spiro atoms. The third kappa shape index (κ3) is 3.95. The first-order valence-corrected chi connectivity index (χ1v) is 6.91. The van der Waals surface area contributed by atoms with Crippen LogP contribution >= 0.6 is 0 Å². The van der Waals surface area contributed by atoms with E-state index >= 15 is 0 Å². The molecule has 0 amide bonds. The van der Waals surface area contributed by atoms with E-state index in [1.807, 2.05) is 55.4 Å². The second kappa shape index (κ2) is 7.09. The summed E-state index contributed by atoms with van der Waals surface area (Å²) < 4.78 is 19.3. The minimum Gasteiger partial charge on any atom is -0.497 e. The van der Waals surface area contributed by atoms with Crippen LogP contribution in [0.4, 0.5) is 10.1 Å². The van der Waals surface area contributed by atoms with Gasteiger partial charge in [0.05, 0.1) is 12.8 Å². The number of hydrogen-bond acceptors (Lipinski definition) is 3. The van der Waals surface area contributed by atoms with Crippen LogP contribution in [0.25, 0.3) is 0 Å². The van der Waals surface area contributed by atoms with Crippen molar-refractivity contribution in [3.8, 4) is 5.75 Å². The molecule has 0 aliphatic rings. The summed E-state index contributed by atoms with van der Waals surface area (Å²) in [5, 5.41) is 3.02. The van der Waals surface area contributed by atoms with Crippen LogP contribution in [-0.4, -0.2) is 21.2 Å². The van der Waals surface area contributed by atoms with Crippen molar-refractivity contribution in [2.24, 2.45) is 0 Å². The van der Waals surface area contributed by atoms with Crippen molar-refractivity contribution in [1.29, 1.82) is 0 Å². The summed E-state index contributed by atoms with van der Waals surface area (Å²) in [5.74, 6) is 0.628. The fraction of sp³-hybridized carbons (Fsp3) is 0.294. The molecule has 2 rings (SSSR count). The van der Waals surface area contributed by atoms with Gasteiger partial charge in [-0.1, -0.05) is 18.2 Å². The number of methoxy groups -OCH3 is 1. The zero-order chi connectivity index (χ0) is 15.2. The predicted molar refractivity (Wildman–Crippen MR) is 84.3 cm³/mol. The molecule has 0 aliphatic heterocycles. The first kappa shape index (κ1) is 15.3. The molecule has 0 aromatic heterocycles. The Morgan fingerprint density at radius 3 is 2.33 bits per heavy atom. The van der Waals surface area contributed by atoms with Crippen molar-refractivity contribution in [3.05, 3.63) is 59.4 Å². The third-order valence-corrected chi connectivity index (χ3v) is 3.38. The Morgan fingerprint density at radius 1 is 1.10 bits per heavy atom. The normalized spacial score (nSPS) is 10.5. The summed E-state index contributed by atoms with van der Waals surface area (Å²) in [6.45, 7) is 1.31. The molecule has 2 aromatic carbocycles. The highest BCUT2D eigenvalue weighted by Crippen LogP contribution is 2.22. The minimum absolute atomic E-state index is 0.196. The zero-order valence-electron chi connectivity index (χ0n) is 12.7. The lowest BCUT2D eigenvalue weighted by Gasteiger charge is -2.20. The van der Waals surface area contributed by atoms with E-state index < -0.39 is 0 Å². The SMILES string of the molecule is CNCc1ccc(N(C)Cc2ccc(OC)cc2)c(F)c1. The fourth-order valence-corrected chi connectivity index (χ4v) is 2.26. The summed E-state index contributed by atoms with van der Waals surface area (Å²) in [5.41, 5.74) is 2.65. The van der Waals surface area contributed by atoms with Gasteiger partial charge in [0, 0.05) is 20.1 Å². The van der Waals surface area contributed by atoms with E-state index in [-0.39, 0.29) is 5.82 Å². The van der Waals surface area contributed by atoms with E-state index in [4.69, 9.17) is 4.74 Å². The molecule has 0 aliphatic carbocycles. The van der Waals surface area contributed by atoms with Crippen LogP contribution in [0.15, 0.2) is 42.5 Å². The largest absolute Gasteiger partial charge is 0.497 e. The van der Waals surface area contributed by atoms with Crippen LogP contribution in [0, 0.1) is 5.82 Å². The van der Waals surface area contributed by atoms with E-state index in [1.54, 1.807) is 13.2 Å². The van der Waals surface area contributed by atoms with E-state index in [0.717, 1.165) is 16.9 Å². The van der Waals surface area contributed by atoms with Gasteiger partial charge in [-0.15, -0.1) is 0 Å². The average molecular weight is 288 g/mol. The van der Waals surface area contributed by atoms with Crippen LogP contribution in [0.3, 0.4) is 0 Å². The van der Waals surface area contributed by atoms with Crippen LogP contribution in [0.2, 0.25) is 0 Å². The molecule has 3 nitrogen and oxygen atoms in total. The van der Waals surface area contributed by atoms with Crippen LogP contribution in [0.1, 0.15) is 11.1 Å². The highest BCUT2D eigenvalue weighted by Gasteiger charge is 2.09. The molecule has 0 saturated carbocycles. The lowest BCUT2D eigenvalue weighted by Crippen LogP contribution is -2.18. The number of ether oxygens (including phenoxy) is 1. The molecule has 0 heterocycles. The summed E-state index contributed by atoms with van der Waals surface area (Å²) in [6.07, 6.45) is 0. The third-order valence-electron chi connectivity index (χ3n) is 3.38. The minimum atomic E-state index is -0.196. The molecule has 1 N–H and O–H groups in total. The number of nitrogens with one attached hydrogen (secondary N) is 1. The molecule has 2 aromatic rings. The van der Waals surface area contributed by atoms with Gasteiger partial charge in [0.1, 0.15) is 11.6 Å². The maximum absolute atomic E-state index is 14.2. The predicted octanol–water partition coefficient (Wildman–Crippen LogP) is 3.19. The highest BCUT2D eigenvalue weighted by molar-refractivity contribution is 5.49. The molecule has 0 saturated heterocycles. The number of nitrogens with zero attached hydrogens (tertiary/aromatic N) is 1. The van der Waals surface area contributed by atoms with E-state index in [2.05, 4.69) is 5.32 Å². The average Bonchev–Trinajstić information content (AvgIpc) is 2.48.